The van der Waals surface area contributed by atoms with Gasteiger partial charge < -0.3 is 8.83 Å². The van der Waals surface area contributed by atoms with Gasteiger partial charge in [-0.1, -0.05) is 97.1 Å². The van der Waals surface area contributed by atoms with E-state index in [1.165, 1.54) is 32.7 Å². The molecule has 7 aromatic carbocycles. The van der Waals surface area contributed by atoms with Crippen LogP contribution in [0, 0.1) is 0 Å². The van der Waals surface area contributed by atoms with E-state index in [-0.39, 0.29) is 0 Å². The van der Waals surface area contributed by atoms with Crippen LogP contribution < -0.4 is 0 Å². The molecular formula is C38H22O2. The van der Waals surface area contributed by atoms with Gasteiger partial charge in [-0.05, 0) is 74.1 Å². The molecule has 0 aliphatic heterocycles. The molecule has 0 saturated heterocycles. The molecule has 9 rings (SSSR count). The first-order valence-corrected chi connectivity index (χ1v) is 13.6. The largest absolute Gasteiger partial charge is 0.456 e. The van der Waals surface area contributed by atoms with Gasteiger partial charge in [0.25, 0.3) is 0 Å². The number of benzene rings is 7. The quantitative estimate of drug-likeness (QED) is 0.231. The molecule has 0 spiro atoms. The minimum atomic E-state index is 0.839. The summed E-state index contributed by atoms with van der Waals surface area (Å²) in [4.78, 5) is 0. The van der Waals surface area contributed by atoms with E-state index in [4.69, 9.17) is 8.83 Å². The van der Waals surface area contributed by atoms with Crippen molar-refractivity contribution in [3.63, 3.8) is 0 Å². The first-order chi connectivity index (χ1) is 19.8. The molecule has 2 heterocycles. The lowest BCUT2D eigenvalue weighted by molar-refractivity contribution is 0.656. The summed E-state index contributed by atoms with van der Waals surface area (Å²) in [5.74, 6) is 0. The van der Waals surface area contributed by atoms with Crippen LogP contribution in [0.3, 0.4) is 0 Å². The summed E-state index contributed by atoms with van der Waals surface area (Å²) in [7, 11) is 0. The van der Waals surface area contributed by atoms with Crippen LogP contribution in [0.15, 0.2) is 142 Å². The second-order valence-electron chi connectivity index (χ2n) is 10.5. The highest BCUT2D eigenvalue weighted by Crippen LogP contribution is 2.40. The summed E-state index contributed by atoms with van der Waals surface area (Å²) in [5, 5.41) is 9.39. The van der Waals surface area contributed by atoms with E-state index in [9.17, 15) is 0 Å². The van der Waals surface area contributed by atoms with Crippen molar-refractivity contribution >= 4 is 65.4 Å². The van der Waals surface area contributed by atoms with Crippen molar-refractivity contribution in [1.82, 2.24) is 0 Å². The lowest BCUT2D eigenvalue weighted by atomic mass is 9.97. The van der Waals surface area contributed by atoms with Gasteiger partial charge in [-0.2, -0.15) is 0 Å². The fourth-order valence-corrected chi connectivity index (χ4v) is 6.34. The maximum atomic E-state index is 6.41. The molecule has 2 heteroatoms. The van der Waals surface area contributed by atoms with Crippen molar-refractivity contribution in [2.75, 3.05) is 0 Å². The fraction of sp³-hybridized carbons (Fsp3) is 0. The molecule has 0 N–H and O–H groups in total. The molecule has 2 nitrogen and oxygen atoms in total. The average Bonchev–Trinajstić information content (AvgIpc) is 3.55. The molecule has 2 aromatic heterocycles. The molecule has 0 aliphatic rings. The Labute approximate surface area is 229 Å². The van der Waals surface area contributed by atoms with Crippen molar-refractivity contribution < 1.29 is 8.83 Å². The summed E-state index contributed by atoms with van der Waals surface area (Å²) in [6, 6.07) is 47.3. The van der Waals surface area contributed by atoms with Gasteiger partial charge in [0.05, 0.1) is 0 Å². The predicted octanol–water partition coefficient (Wildman–Crippen LogP) is 11.1. The van der Waals surface area contributed by atoms with Crippen molar-refractivity contribution in [3.05, 3.63) is 133 Å². The number of rotatable bonds is 2. The van der Waals surface area contributed by atoms with E-state index in [1.807, 2.05) is 6.07 Å². The van der Waals surface area contributed by atoms with Crippen LogP contribution in [-0.4, -0.2) is 0 Å². The fourth-order valence-electron chi connectivity index (χ4n) is 6.34. The van der Waals surface area contributed by atoms with E-state index in [2.05, 4.69) is 127 Å². The molecule has 9 aromatic rings. The summed E-state index contributed by atoms with van der Waals surface area (Å²) < 4.78 is 12.8. The maximum Gasteiger partial charge on any atom is 0.139 e. The van der Waals surface area contributed by atoms with Crippen molar-refractivity contribution in [1.29, 1.82) is 0 Å². The third-order valence-electron chi connectivity index (χ3n) is 8.27. The number of hydrogen-bond acceptors (Lipinski definition) is 2. The highest BCUT2D eigenvalue weighted by atomic mass is 16.3. The molecule has 0 amide bonds. The lowest BCUT2D eigenvalue weighted by Gasteiger charge is -2.07. The second-order valence-corrected chi connectivity index (χ2v) is 10.5. The highest BCUT2D eigenvalue weighted by Gasteiger charge is 2.15. The van der Waals surface area contributed by atoms with Crippen LogP contribution >= 0.6 is 0 Å². The maximum absolute atomic E-state index is 6.41. The van der Waals surface area contributed by atoms with Gasteiger partial charge >= 0.3 is 0 Å². The van der Waals surface area contributed by atoms with Crippen molar-refractivity contribution in [3.8, 4) is 22.3 Å². The topological polar surface area (TPSA) is 26.3 Å². The van der Waals surface area contributed by atoms with E-state index < -0.39 is 0 Å². The van der Waals surface area contributed by atoms with Crippen LogP contribution in [0.25, 0.3) is 87.7 Å². The van der Waals surface area contributed by atoms with Gasteiger partial charge in [0.15, 0.2) is 0 Å². The van der Waals surface area contributed by atoms with Gasteiger partial charge in [0.2, 0.25) is 0 Å². The number of hydrogen-bond donors (Lipinski definition) is 0. The van der Waals surface area contributed by atoms with E-state index >= 15 is 0 Å². The lowest BCUT2D eigenvalue weighted by Crippen LogP contribution is -1.81. The van der Waals surface area contributed by atoms with Gasteiger partial charge in [-0.3, -0.25) is 0 Å². The third kappa shape index (κ3) is 3.11. The van der Waals surface area contributed by atoms with Crippen LogP contribution in [0.4, 0.5) is 0 Å². The molecule has 0 bridgehead atoms. The minimum absolute atomic E-state index is 0.839. The first-order valence-electron chi connectivity index (χ1n) is 13.6. The molecule has 0 aliphatic carbocycles. The van der Waals surface area contributed by atoms with Gasteiger partial charge in [-0.25, -0.2) is 0 Å². The predicted molar refractivity (Wildman–Crippen MR) is 167 cm³/mol. The van der Waals surface area contributed by atoms with Crippen LogP contribution in [0.1, 0.15) is 0 Å². The zero-order chi connectivity index (χ0) is 26.2. The number of furan rings is 2. The summed E-state index contributed by atoms with van der Waals surface area (Å²) in [6.07, 6.45) is 0. The number of fused-ring (bicyclic) bond motifs is 8. The molecular weight excluding hydrogens is 488 g/mol. The van der Waals surface area contributed by atoms with E-state index in [0.717, 1.165) is 55.0 Å². The Balaban J connectivity index is 1.20. The Bertz CT molecular complexity index is 2260. The SMILES string of the molecule is c1ccc2c(-c3ccc4c(c3)oc3cc5oc6cc(-c7cccc8ccccc78)ccc6c5cc34)cccc2c1. The van der Waals surface area contributed by atoms with Crippen molar-refractivity contribution in [2.24, 2.45) is 0 Å². The summed E-state index contributed by atoms with van der Waals surface area (Å²) in [5.41, 5.74) is 8.17. The monoisotopic (exact) mass is 510 g/mol. The van der Waals surface area contributed by atoms with Gasteiger partial charge in [0.1, 0.15) is 22.3 Å². The normalized spacial score (nSPS) is 12.0. The standard InChI is InChI=1S/C38H22O2/c1-3-11-27-23(7-1)9-5-13-29(27)25-15-17-31-33-21-34-32-18-16-26(30-14-6-10-24-8-2-4-12-28(24)30)20-36(32)40-38(34)22-37(33)39-35(31)19-25/h1-22H. The molecule has 0 fully saturated rings. The molecule has 40 heavy (non-hydrogen) atoms. The molecule has 186 valence electrons. The third-order valence-corrected chi connectivity index (χ3v) is 8.27. The minimum Gasteiger partial charge on any atom is -0.456 e. The molecule has 0 radical (unpaired) electrons. The Morgan fingerprint density at radius 3 is 1.27 bits per heavy atom. The molecule has 0 saturated carbocycles. The second kappa shape index (κ2) is 8.08. The molecule has 0 atom stereocenters. The zero-order valence-corrected chi connectivity index (χ0v) is 21.5. The Morgan fingerprint density at radius 2 is 0.750 bits per heavy atom. The first kappa shape index (κ1) is 21.6. The Hall–Kier alpha value is -5.34. The average molecular weight is 511 g/mol. The highest BCUT2D eigenvalue weighted by molar-refractivity contribution is 6.16. The molecule has 0 unspecified atom stereocenters. The van der Waals surface area contributed by atoms with Gasteiger partial charge in [-0.15, -0.1) is 0 Å². The van der Waals surface area contributed by atoms with Gasteiger partial charge in [0, 0.05) is 27.6 Å². The van der Waals surface area contributed by atoms with E-state index in [0.29, 0.717) is 0 Å². The van der Waals surface area contributed by atoms with Crippen LogP contribution in [0.2, 0.25) is 0 Å². The summed E-state index contributed by atoms with van der Waals surface area (Å²) in [6.45, 7) is 0. The smallest absolute Gasteiger partial charge is 0.139 e. The summed E-state index contributed by atoms with van der Waals surface area (Å²) >= 11 is 0. The Morgan fingerprint density at radius 1 is 0.300 bits per heavy atom. The van der Waals surface area contributed by atoms with E-state index in [1.54, 1.807) is 0 Å². The van der Waals surface area contributed by atoms with Crippen molar-refractivity contribution in [2.45, 2.75) is 0 Å². The van der Waals surface area contributed by atoms with Crippen LogP contribution in [-0.2, 0) is 0 Å². The van der Waals surface area contributed by atoms with Crippen LogP contribution in [0.5, 0.6) is 0 Å². The zero-order valence-electron chi connectivity index (χ0n) is 21.5. The Kier molecular flexibility index (Phi) is 4.36.